The second-order valence-electron chi connectivity index (χ2n) is 9.23. The van der Waals surface area contributed by atoms with E-state index in [1.54, 1.807) is 0 Å². The predicted octanol–water partition coefficient (Wildman–Crippen LogP) is 4.41. The Hall–Kier alpha value is -2.65. The van der Waals surface area contributed by atoms with Crippen LogP contribution in [0.3, 0.4) is 0 Å². The van der Waals surface area contributed by atoms with E-state index in [1.807, 2.05) is 12.1 Å². The summed E-state index contributed by atoms with van der Waals surface area (Å²) in [4.78, 5) is 9.83. The summed E-state index contributed by atoms with van der Waals surface area (Å²) in [6.45, 7) is 10.1. The van der Waals surface area contributed by atoms with Crippen LogP contribution in [0.1, 0.15) is 38.8 Å². The summed E-state index contributed by atoms with van der Waals surface area (Å²) in [6, 6.07) is 17.0. The summed E-state index contributed by atoms with van der Waals surface area (Å²) < 4.78 is 9.13. The molecule has 0 N–H and O–H groups in total. The Bertz CT molecular complexity index is 1220. The van der Waals surface area contributed by atoms with Crippen molar-refractivity contribution in [3.63, 3.8) is 0 Å². The van der Waals surface area contributed by atoms with E-state index in [0.717, 1.165) is 18.0 Å². The van der Waals surface area contributed by atoms with Gasteiger partial charge in [-0.05, 0) is 0 Å². The number of hydrogen-bond acceptors (Lipinski definition) is 5. The van der Waals surface area contributed by atoms with Crippen molar-refractivity contribution >= 4 is 8.29 Å². The van der Waals surface area contributed by atoms with Crippen molar-refractivity contribution in [1.82, 2.24) is 19.6 Å². The first-order valence-corrected chi connectivity index (χ1v) is 12.8. The normalized spacial score (nSPS) is 22.3. The van der Waals surface area contributed by atoms with Crippen molar-refractivity contribution in [2.45, 2.75) is 45.4 Å². The van der Waals surface area contributed by atoms with Crippen LogP contribution in [-0.4, -0.2) is 33.6 Å². The SMILES string of the molecule is CC1(C)c2cccc(c2)Oc2cccc(c2)CN2C=CN3[C]2=[Pt]=[C]2N1C=CN2C3(C)C. The molecule has 0 aliphatic carbocycles. The van der Waals surface area contributed by atoms with E-state index < -0.39 is 17.6 Å². The molecule has 0 spiro atoms. The zero-order valence-electron chi connectivity index (χ0n) is 18.1. The Morgan fingerprint density at radius 1 is 0.774 bits per heavy atom. The first-order valence-electron chi connectivity index (χ1n) is 10.6. The van der Waals surface area contributed by atoms with Crippen LogP contribution < -0.4 is 4.74 Å². The first-order chi connectivity index (χ1) is 14.8. The van der Waals surface area contributed by atoms with Crippen LogP contribution in [-0.2, 0) is 29.7 Å². The molecule has 4 aliphatic heterocycles. The van der Waals surface area contributed by atoms with Crippen molar-refractivity contribution in [3.05, 3.63) is 84.5 Å². The molecule has 4 heterocycles. The van der Waals surface area contributed by atoms with Gasteiger partial charge in [0.25, 0.3) is 0 Å². The van der Waals surface area contributed by atoms with Crippen molar-refractivity contribution < 1.29 is 22.4 Å². The molecule has 0 fully saturated rings. The van der Waals surface area contributed by atoms with Gasteiger partial charge in [-0.3, -0.25) is 0 Å². The van der Waals surface area contributed by atoms with Gasteiger partial charge in [0, 0.05) is 0 Å². The molecular weight excluding hydrogens is 567 g/mol. The zero-order chi connectivity index (χ0) is 21.4. The average molecular weight is 594 g/mol. The number of fused-ring (bicyclic) bond motifs is 4. The molecule has 0 saturated heterocycles. The summed E-state index contributed by atoms with van der Waals surface area (Å²) >= 11 is -0.394. The molecule has 31 heavy (non-hydrogen) atoms. The summed E-state index contributed by atoms with van der Waals surface area (Å²) in [6.07, 6.45) is 9.00. The summed E-state index contributed by atoms with van der Waals surface area (Å²) in [5.74, 6) is 1.76. The van der Waals surface area contributed by atoms with E-state index in [2.05, 4.69) is 108 Å². The molecule has 6 heteroatoms. The monoisotopic (exact) mass is 593 g/mol. The van der Waals surface area contributed by atoms with Gasteiger partial charge in [0.05, 0.1) is 0 Å². The summed E-state index contributed by atoms with van der Waals surface area (Å²) in [7, 11) is 0. The third-order valence-electron chi connectivity index (χ3n) is 6.48. The Kier molecular flexibility index (Phi) is 3.95. The fourth-order valence-corrected chi connectivity index (χ4v) is 8.85. The molecule has 0 saturated carbocycles. The molecule has 0 radical (unpaired) electrons. The number of ether oxygens (including phenoxy) is 1. The molecule has 5 nitrogen and oxygen atoms in total. The standard InChI is InChI=1S/C25H26N4O.Pt/c1-24(2)21-8-6-10-23(16-21)30-22-9-5-7-20(15-22)17-26-11-12-28(18-26)25(3,4)29-14-13-27(24)19-29;/h5-16H,17H2,1-4H3;. The van der Waals surface area contributed by atoms with Gasteiger partial charge in [0.2, 0.25) is 0 Å². The fourth-order valence-electron chi connectivity index (χ4n) is 4.52. The van der Waals surface area contributed by atoms with Gasteiger partial charge < -0.3 is 0 Å². The van der Waals surface area contributed by atoms with Gasteiger partial charge >= 0.3 is 192 Å². The van der Waals surface area contributed by atoms with E-state index in [9.17, 15) is 0 Å². The molecule has 2 aromatic carbocycles. The Balaban J connectivity index is 1.60. The van der Waals surface area contributed by atoms with Gasteiger partial charge in [-0.1, -0.05) is 0 Å². The molecule has 2 aromatic rings. The number of benzene rings is 2. The number of hydrogen-bond donors (Lipinski definition) is 0. The van der Waals surface area contributed by atoms with Crippen molar-refractivity contribution in [2.75, 3.05) is 0 Å². The van der Waals surface area contributed by atoms with Gasteiger partial charge in [0.15, 0.2) is 0 Å². The zero-order valence-corrected chi connectivity index (χ0v) is 20.4. The van der Waals surface area contributed by atoms with E-state index in [-0.39, 0.29) is 11.2 Å². The van der Waals surface area contributed by atoms with Gasteiger partial charge in [-0.2, -0.15) is 0 Å². The van der Waals surface area contributed by atoms with Gasteiger partial charge in [-0.25, -0.2) is 0 Å². The average Bonchev–Trinajstić information content (AvgIpc) is 3.34. The van der Waals surface area contributed by atoms with Crippen molar-refractivity contribution in [1.29, 1.82) is 0 Å². The molecular formula is C25H26N4OPt. The van der Waals surface area contributed by atoms with Crippen molar-refractivity contribution in [2.24, 2.45) is 0 Å². The minimum atomic E-state index is -0.394. The molecule has 0 aromatic heterocycles. The van der Waals surface area contributed by atoms with Gasteiger partial charge in [0.1, 0.15) is 0 Å². The van der Waals surface area contributed by atoms with E-state index in [0.29, 0.717) is 0 Å². The minimum absolute atomic E-state index is 0.153. The van der Waals surface area contributed by atoms with Crippen LogP contribution in [0.5, 0.6) is 11.5 Å². The summed E-state index contributed by atoms with van der Waals surface area (Å²) in [5, 5.41) is 0. The second kappa shape index (κ2) is 6.43. The topological polar surface area (TPSA) is 22.2 Å². The van der Waals surface area contributed by atoms with Crippen LogP contribution in [0.2, 0.25) is 0 Å². The number of nitrogens with zero attached hydrogens (tertiary/aromatic N) is 4. The van der Waals surface area contributed by atoms with Gasteiger partial charge in [-0.15, -0.1) is 0 Å². The Morgan fingerprint density at radius 2 is 1.45 bits per heavy atom. The Labute approximate surface area is 191 Å². The van der Waals surface area contributed by atoms with Crippen LogP contribution in [0.15, 0.2) is 73.3 Å². The predicted molar refractivity (Wildman–Crippen MR) is 119 cm³/mol. The molecule has 0 unspecified atom stereocenters. The molecule has 4 aliphatic rings. The molecule has 0 atom stereocenters. The quantitative estimate of drug-likeness (QED) is 0.451. The number of rotatable bonds is 0. The molecule has 162 valence electrons. The first kappa shape index (κ1) is 19.1. The maximum atomic E-state index is 6.28. The van der Waals surface area contributed by atoms with E-state index in [1.165, 1.54) is 19.4 Å². The van der Waals surface area contributed by atoms with Crippen LogP contribution in [0.25, 0.3) is 0 Å². The van der Waals surface area contributed by atoms with Crippen LogP contribution in [0.4, 0.5) is 0 Å². The van der Waals surface area contributed by atoms with Crippen LogP contribution in [0, 0.1) is 0 Å². The third-order valence-corrected chi connectivity index (χ3v) is 9.79. The Morgan fingerprint density at radius 3 is 2.29 bits per heavy atom. The fraction of sp³-hybridized carbons (Fsp3) is 0.280. The third kappa shape index (κ3) is 2.79. The molecule has 6 bridgehead atoms. The van der Waals surface area contributed by atoms with E-state index >= 15 is 0 Å². The van der Waals surface area contributed by atoms with E-state index in [4.69, 9.17) is 4.74 Å². The maximum absolute atomic E-state index is 6.28. The second-order valence-corrected chi connectivity index (χ2v) is 11.8. The molecule has 6 rings (SSSR count). The van der Waals surface area contributed by atoms with Crippen LogP contribution >= 0.6 is 0 Å². The van der Waals surface area contributed by atoms with Crippen molar-refractivity contribution in [3.8, 4) is 11.5 Å². The summed E-state index contributed by atoms with van der Waals surface area (Å²) in [5.41, 5.74) is 2.15. The molecule has 0 amide bonds.